The Balaban J connectivity index is -0.0000000800. The molecule has 0 aliphatic heterocycles. The summed E-state index contributed by atoms with van der Waals surface area (Å²) in [6.07, 6.45) is 0. The van der Waals surface area contributed by atoms with Crippen molar-refractivity contribution in [1.29, 1.82) is 0 Å². The molecule has 0 aromatic carbocycles. The van der Waals surface area contributed by atoms with Crippen molar-refractivity contribution in [2.75, 3.05) is 0 Å². The van der Waals surface area contributed by atoms with Crippen LogP contribution in [0.15, 0.2) is 0 Å². The largest absolute Gasteiger partial charge is 1.00 e. The van der Waals surface area contributed by atoms with Gasteiger partial charge in [-0.2, -0.15) is 0 Å². The maximum Gasteiger partial charge on any atom is 1.00 e. The number of hydrogen-bond donors (Lipinski definition) is 0. The molecule has 42 valence electrons. The summed E-state index contributed by atoms with van der Waals surface area (Å²) >= 11 is 0. The van der Waals surface area contributed by atoms with Crippen LogP contribution in [0.3, 0.4) is 0 Å². The Morgan fingerprint density at radius 1 is 1.14 bits per heavy atom. The van der Waals surface area contributed by atoms with E-state index in [1.807, 2.05) is 0 Å². The molecule has 0 radical (unpaired) electrons. The van der Waals surface area contributed by atoms with Gasteiger partial charge in [-0.25, -0.2) is 0 Å². The van der Waals surface area contributed by atoms with E-state index >= 15 is 0 Å². The van der Waals surface area contributed by atoms with E-state index in [1.54, 1.807) is 0 Å². The number of rotatable bonds is 0. The summed E-state index contributed by atoms with van der Waals surface area (Å²) in [6, 6.07) is 0. The summed E-state index contributed by atoms with van der Waals surface area (Å²) in [5, 5.41) is 0. The maximum atomic E-state index is 8.52. The average Bonchev–Trinajstić information content (AvgIpc) is 0.722. The van der Waals surface area contributed by atoms with Crippen molar-refractivity contribution in [3.05, 3.63) is 0 Å². The van der Waals surface area contributed by atoms with Crippen LogP contribution in [0.4, 0.5) is 0 Å². The molecule has 0 fully saturated rings. The van der Waals surface area contributed by atoms with Gasteiger partial charge in [0.15, 0.2) is 0 Å². The standard InChI is InChI=1S/Cu.Na.H2O4S/c;;1-5(2,3)4/h;;(H2,1,2,3,4)/q2*+1;/p-2. The van der Waals surface area contributed by atoms with Gasteiger partial charge in [0.1, 0.15) is 0 Å². The molecule has 0 unspecified atom stereocenters. The van der Waals surface area contributed by atoms with Gasteiger partial charge in [-0.3, -0.25) is 8.42 Å². The molecule has 0 bridgehead atoms. The van der Waals surface area contributed by atoms with Crippen molar-refractivity contribution in [3.8, 4) is 0 Å². The van der Waals surface area contributed by atoms with Crippen LogP contribution in [0.1, 0.15) is 0 Å². The molecule has 7 heavy (non-hydrogen) atoms. The summed E-state index contributed by atoms with van der Waals surface area (Å²) in [4.78, 5) is 0. The summed E-state index contributed by atoms with van der Waals surface area (Å²) in [7, 11) is -5.17. The molecule has 0 heterocycles. The van der Waals surface area contributed by atoms with Gasteiger partial charge in [-0.15, -0.1) is 0 Å². The minimum absolute atomic E-state index is 0. The van der Waals surface area contributed by atoms with E-state index in [4.69, 9.17) is 17.5 Å². The van der Waals surface area contributed by atoms with Gasteiger partial charge in [0.05, 0.1) is 0 Å². The van der Waals surface area contributed by atoms with E-state index in [0.29, 0.717) is 0 Å². The Morgan fingerprint density at radius 3 is 1.14 bits per heavy atom. The Bertz CT molecular complexity index is 94.9. The minimum Gasteiger partial charge on any atom is -0.759 e. The van der Waals surface area contributed by atoms with Crippen molar-refractivity contribution in [2.24, 2.45) is 0 Å². The van der Waals surface area contributed by atoms with Crippen molar-refractivity contribution >= 4 is 10.4 Å². The smallest absolute Gasteiger partial charge is 0.759 e. The molecule has 4 nitrogen and oxygen atoms in total. The molecule has 0 aromatic heterocycles. The SMILES string of the molecule is O=S(=O)([O-])[O-].[Cu+].[Na+]. The third-order valence-electron chi connectivity index (χ3n) is 0. The summed E-state index contributed by atoms with van der Waals surface area (Å²) in [6.45, 7) is 0. The molecule has 0 aliphatic rings. The first-order valence-corrected chi connectivity index (χ1v) is 2.00. The van der Waals surface area contributed by atoms with E-state index in [2.05, 4.69) is 0 Å². The maximum absolute atomic E-state index is 8.52. The topological polar surface area (TPSA) is 80.3 Å². The summed E-state index contributed by atoms with van der Waals surface area (Å²) in [5.41, 5.74) is 0. The molecule has 0 saturated heterocycles. The predicted molar refractivity (Wildman–Crippen MR) is 10.5 cm³/mol. The van der Waals surface area contributed by atoms with Gasteiger partial charge in [-0.05, 0) is 0 Å². The Kier molecular flexibility index (Phi) is 12.4. The molecule has 0 N–H and O–H groups in total. The third-order valence-corrected chi connectivity index (χ3v) is 0. The van der Waals surface area contributed by atoms with Gasteiger partial charge in [0.2, 0.25) is 0 Å². The zero-order valence-corrected chi connectivity index (χ0v) is 7.10. The van der Waals surface area contributed by atoms with E-state index in [9.17, 15) is 0 Å². The molecule has 0 aromatic rings. The second kappa shape index (κ2) is 5.52. The predicted octanol–water partition coefficient (Wildman–Crippen LogP) is -4.34. The fourth-order valence-corrected chi connectivity index (χ4v) is 0. The van der Waals surface area contributed by atoms with Crippen LogP contribution in [-0.4, -0.2) is 17.5 Å². The molecule has 0 spiro atoms. The zero-order chi connectivity index (χ0) is 4.50. The Hall–Kier alpha value is 1.39. The Morgan fingerprint density at radius 2 is 1.14 bits per heavy atom. The van der Waals surface area contributed by atoms with E-state index < -0.39 is 10.4 Å². The van der Waals surface area contributed by atoms with E-state index in [0.717, 1.165) is 0 Å². The van der Waals surface area contributed by atoms with Crippen LogP contribution in [0, 0.1) is 0 Å². The molecular weight excluding hydrogens is 183 g/mol. The first-order valence-electron chi connectivity index (χ1n) is 0.667. The molecule has 0 atom stereocenters. The quantitative estimate of drug-likeness (QED) is 0.216. The zero-order valence-electron chi connectivity index (χ0n) is 3.34. The normalized spacial score (nSPS) is 8.29. The van der Waals surface area contributed by atoms with Gasteiger partial charge in [0, 0.05) is 10.4 Å². The third kappa shape index (κ3) is 111. The van der Waals surface area contributed by atoms with Gasteiger partial charge in [0.25, 0.3) is 0 Å². The van der Waals surface area contributed by atoms with Gasteiger partial charge in [-0.1, -0.05) is 0 Å². The molecule has 0 rings (SSSR count). The van der Waals surface area contributed by atoms with Crippen molar-refractivity contribution < 1.29 is 64.1 Å². The van der Waals surface area contributed by atoms with Crippen LogP contribution in [0.2, 0.25) is 0 Å². The fourth-order valence-electron chi connectivity index (χ4n) is 0. The van der Waals surface area contributed by atoms with Crippen LogP contribution >= 0.6 is 0 Å². The average molecular weight is 183 g/mol. The second-order valence-electron chi connectivity index (χ2n) is 0.408. The number of hydrogen-bond acceptors (Lipinski definition) is 4. The summed E-state index contributed by atoms with van der Waals surface area (Å²) in [5.74, 6) is 0. The molecule has 0 saturated carbocycles. The molecule has 7 heteroatoms. The minimum atomic E-state index is -5.17. The van der Waals surface area contributed by atoms with E-state index in [1.165, 1.54) is 0 Å². The summed E-state index contributed by atoms with van der Waals surface area (Å²) < 4.78 is 34.1. The first kappa shape index (κ1) is 15.8. The molecule has 0 amide bonds. The van der Waals surface area contributed by atoms with Crippen molar-refractivity contribution in [1.82, 2.24) is 0 Å². The fraction of sp³-hybridized carbons (Fsp3) is 0. The first-order chi connectivity index (χ1) is 2.00. The van der Waals surface area contributed by atoms with Gasteiger partial charge < -0.3 is 9.11 Å². The van der Waals surface area contributed by atoms with Crippen molar-refractivity contribution in [3.63, 3.8) is 0 Å². The Labute approximate surface area is 74.0 Å². The van der Waals surface area contributed by atoms with Crippen LogP contribution < -0.4 is 29.6 Å². The monoisotopic (exact) mass is 182 g/mol. The van der Waals surface area contributed by atoms with E-state index in [-0.39, 0.29) is 46.6 Å². The van der Waals surface area contributed by atoms with Crippen molar-refractivity contribution in [2.45, 2.75) is 0 Å². The second-order valence-corrected chi connectivity index (χ2v) is 1.22. The van der Waals surface area contributed by atoms with Crippen LogP contribution in [0.25, 0.3) is 0 Å². The van der Waals surface area contributed by atoms with Crippen LogP contribution in [-0.2, 0) is 27.5 Å². The van der Waals surface area contributed by atoms with Crippen LogP contribution in [0.5, 0.6) is 0 Å². The molecular formula is CuNaO4S. The van der Waals surface area contributed by atoms with Gasteiger partial charge >= 0.3 is 46.6 Å². The molecule has 0 aliphatic carbocycles.